The van der Waals surface area contributed by atoms with Gasteiger partial charge in [0.05, 0.1) is 19.1 Å². The van der Waals surface area contributed by atoms with Gasteiger partial charge in [-0.05, 0) is 18.2 Å². The minimum Gasteiger partial charge on any atom is -0.472 e. The molecule has 0 fully saturated rings. The summed E-state index contributed by atoms with van der Waals surface area (Å²) in [6.07, 6.45) is 2.77. The molecule has 108 valence electrons. The number of halogens is 2. The molecule has 0 aliphatic carbocycles. The Morgan fingerprint density at radius 1 is 1.40 bits per heavy atom. The van der Waals surface area contributed by atoms with Crippen LogP contribution in [0.25, 0.3) is 0 Å². The summed E-state index contributed by atoms with van der Waals surface area (Å²) in [6, 6.07) is 3.75. The normalized spacial score (nSPS) is 11.8. The van der Waals surface area contributed by atoms with Crippen LogP contribution in [0.4, 0.5) is 4.39 Å². The van der Waals surface area contributed by atoms with Gasteiger partial charge in [-0.15, -0.1) is 0 Å². The van der Waals surface area contributed by atoms with E-state index in [1.54, 1.807) is 6.07 Å². The van der Waals surface area contributed by atoms with Crippen molar-refractivity contribution in [1.82, 2.24) is 4.72 Å². The van der Waals surface area contributed by atoms with Gasteiger partial charge < -0.3 is 9.52 Å². The summed E-state index contributed by atoms with van der Waals surface area (Å²) in [6.45, 7) is -0.685. The lowest BCUT2D eigenvalue weighted by atomic mass is 10.2. The van der Waals surface area contributed by atoms with E-state index in [4.69, 9.17) is 21.1 Å². The van der Waals surface area contributed by atoms with E-state index in [1.165, 1.54) is 18.6 Å². The Kier molecular flexibility index (Phi) is 4.44. The molecule has 5 nitrogen and oxygen atoms in total. The zero-order valence-electron chi connectivity index (χ0n) is 10.1. The quantitative estimate of drug-likeness (QED) is 0.884. The van der Waals surface area contributed by atoms with E-state index in [-0.39, 0.29) is 17.1 Å². The fourth-order valence-corrected chi connectivity index (χ4v) is 3.05. The summed E-state index contributed by atoms with van der Waals surface area (Å²) in [4.78, 5) is -0.599. The highest BCUT2D eigenvalue weighted by Gasteiger charge is 2.22. The molecule has 0 saturated carbocycles. The van der Waals surface area contributed by atoms with Crippen molar-refractivity contribution >= 4 is 21.6 Å². The highest BCUT2D eigenvalue weighted by Crippen LogP contribution is 2.24. The zero-order chi connectivity index (χ0) is 14.8. The highest BCUT2D eigenvalue weighted by atomic mass is 35.5. The zero-order valence-corrected chi connectivity index (χ0v) is 11.7. The van der Waals surface area contributed by atoms with Gasteiger partial charge in [0.25, 0.3) is 0 Å². The molecule has 2 aromatic rings. The first kappa shape index (κ1) is 15.0. The van der Waals surface area contributed by atoms with Crippen LogP contribution in [-0.4, -0.2) is 13.5 Å². The van der Waals surface area contributed by atoms with Crippen LogP contribution in [0.3, 0.4) is 0 Å². The van der Waals surface area contributed by atoms with E-state index in [1.807, 2.05) is 0 Å². The van der Waals surface area contributed by atoms with Gasteiger partial charge in [0.1, 0.15) is 10.7 Å². The Labute approximate surface area is 120 Å². The molecule has 0 aliphatic rings. The number of furan rings is 1. The number of benzene rings is 1. The lowest BCUT2D eigenvalue weighted by molar-refractivity contribution is 0.274. The first-order valence-corrected chi connectivity index (χ1v) is 7.39. The molecule has 0 aliphatic heterocycles. The molecule has 0 unspecified atom stereocenters. The number of aliphatic hydroxyl groups is 1. The smallest absolute Gasteiger partial charge is 0.243 e. The van der Waals surface area contributed by atoms with E-state index >= 15 is 0 Å². The number of nitrogens with one attached hydrogen (secondary N) is 1. The second-order valence-electron chi connectivity index (χ2n) is 3.99. The predicted molar refractivity (Wildman–Crippen MR) is 70.1 cm³/mol. The van der Waals surface area contributed by atoms with Crippen LogP contribution in [0, 0.1) is 5.82 Å². The standard InChI is InChI=1S/C12H11ClFNO4S/c13-10-3-9(6-16)12(14)11(4-10)20(17,18)15-5-8-1-2-19-7-8/h1-4,7,15-16H,5-6H2. The lowest BCUT2D eigenvalue weighted by Crippen LogP contribution is -2.24. The van der Waals surface area contributed by atoms with Crippen molar-refractivity contribution in [1.29, 1.82) is 0 Å². The van der Waals surface area contributed by atoms with Crippen molar-refractivity contribution in [3.63, 3.8) is 0 Å². The summed E-state index contributed by atoms with van der Waals surface area (Å²) in [5.41, 5.74) is 0.416. The number of rotatable bonds is 5. The summed E-state index contributed by atoms with van der Waals surface area (Å²) in [7, 11) is -4.08. The Hall–Kier alpha value is -1.41. The minimum atomic E-state index is -4.08. The SMILES string of the molecule is O=S(=O)(NCc1ccoc1)c1cc(Cl)cc(CO)c1F. The first-order valence-electron chi connectivity index (χ1n) is 5.53. The third-order valence-electron chi connectivity index (χ3n) is 2.59. The topological polar surface area (TPSA) is 79.5 Å². The average Bonchev–Trinajstić information content (AvgIpc) is 2.92. The number of aliphatic hydroxyl groups excluding tert-OH is 1. The molecule has 2 N–H and O–H groups in total. The van der Waals surface area contributed by atoms with Gasteiger partial charge in [-0.1, -0.05) is 11.6 Å². The summed E-state index contributed by atoms with van der Waals surface area (Å²) < 4.78 is 45.1. The second-order valence-corrected chi connectivity index (χ2v) is 6.16. The van der Waals surface area contributed by atoms with Crippen LogP contribution >= 0.6 is 11.6 Å². The Bertz CT molecular complexity index is 700. The Morgan fingerprint density at radius 2 is 2.15 bits per heavy atom. The molecule has 1 heterocycles. The van der Waals surface area contributed by atoms with Gasteiger partial charge in [-0.3, -0.25) is 0 Å². The van der Waals surface area contributed by atoms with Crippen LogP contribution in [0.5, 0.6) is 0 Å². The fraction of sp³-hybridized carbons (Fsp3) is 0.167. The van der Waals surface area contributed by atoms with E-state index < -0.39 is 27.3 Å². The van der Waals surface area contributed by atoms with Crippen molar-refractivity contribution in [2.24, 2.45) is 0 Å². The molecule has 2 rings (SSSR count). The van der Waals surface area contributed by atoms with Crippen molar-refractivity contribution in [2.45, 2.75) is 18.0 Å². The van der Waals surface area contributed by atoms with E-state index in [0.717, 1.165) is 6.07 Å². The molecule has 20 heavy (non-hydrogen) atoms. The van der Waals surface area contributed by atoms with Crippen LogP contribution in [0.1, 0.15) is 11.1 Å². The molecule has 0 spiro atoms. The van der Waals surface area contributed by atoms with E-state index in [2.05, 4.69) is 4.72 Å². The van der Waals surface area contributed by atoms with Gasteiger partial charge in [0.2, 0.25) is 10.0 Å². The van der Waals surface area contributed by atoms with Crippen LogP contribution in [-0.2, 0) is 23.2 Å². The highest BCUT2D eigenvalue weighted by molar-refractivity contribution is 7.89. The molecule has 0 amide bonds. The molecule has 8 heteroatoms. The molecule has 0 saturated heterocycles. The molecular weight excluding hydrogens is 309 g/mol. The number of sulfonamides is 1. The monoisotopic (exact) mass is 319 g/mol. The maximum absolute atomic E-state index is 14.0. The van der Waals surface area contributed by atoms with Crippen molar-refractivity contribution in [3.05, 3.63) is 52.7 Å². The third-order valence-corrected chi connectivity index (χ3v) is 4.20. The Balaban J connectivity index is 2.31. The van der Waals surface area contributed by atoms with E-state index in [0.29, 0.717) is 5.56 Å². The summed E-state index contributed by atoms with van der Waals surface area (Å²) in [5, 5.41) is 9.01. The lowest BCUT2D eigenvalue weighted by Gasteiger charge is -2.09. The van der Waals surface area contributed by atoms with Crippen LogP contribution < -0.4 is 4.72 Å². The average molecular weight is 320 g/mol. The van der Waals surface area contributed by atoms with Gasteiger partial charge >= 0.3 is 0 Å². The molecular formula is C12H11ClFNO4S. The second kappa shape index (κ2) is 5.92. The van der Waals surface area contributed by atoms with Gasteiger partial charge in [0, 0.05) is 22.7 Å². The van der Waals surface area contributed by atoms with Crippen molar-refractivity contribution < 1.29 is 22.3 Å². The van der Waals surface area contributed by atoms with Gasteiger partial charge in [-0.25, -0.2) is 17.5 Å². The molecule has 1 aromatic carbocycles. The predicted octanol–water partition coefficient (Wildman–Crippen LogP) is 2.04. The molecule has 0 radical (unpaired) electrons. The fourth-order valence-electron chi connectivity index (χ4n) is 1.58. The van der Waals surface area contributed by atoms with Crippen molar-refractivity contribution in [3.8, 4) is 0 Å². The Morgan fingerprint density at radius 3 is 2.75 bits per heavy atom. The maximum atomic E-state index is 14.0. The molecule has 0 atom stereocenters. The maximum Gasteiger partial charge on any atom is 0.243 e. The van der Waals surface area contributed by atoms with Gasteiger partial charge in [-0.2, -0.15) is 0 Å². The molecule has 0 bridgehead atoms. The summed E-state index contributed by atoms with van der Waals surface area (Å²) >= 11 is 5.72. The number of hydrogen-bond acceptors (Lipinski definition) is 4. The largest absolute Gasteiger partial charge is 0.472 e. The van der Waals surface area contributed by atoms with Crippen molar-refractivity contribution in [2.75, 3.05) is 0 Å². The van der Waals surface area contributed by atoms with Crippen LogP contribution in [0.2, 0.25) is 5.02 Å². The number of hydrogen-bond donors (Lipinski definition) is 2. The van der Waals surface area contributed by atoms with Gasteiger partial charge in [0.15, 0.2) is 0 Å². The minimum absolute atomic E-state index is 0.0270. The summed E-state index contributed by atoms with van der Waals surface area (Å²) in [5.74, 6) is -1.02. The first-order chi connectivity index (χ1) is 9.44. The van der Waals surface area contributed by atoms with E-state index in [9.17, 15) is 12.8 Å². The molecule has 1 aromatic heterocycles. The van der Waals surface area contributed by atoms with Crippen LogP contribution in [0.15, 0.2) is 40.0 Å². The third kappa shape index (κ3) is 3.18.